The van der Waals surface area contributed by atoms with Gasteiger partial charge in [-0.1, -0.05) is 0 Å². The van der Waals surface area contributed by atoms with Crippen molar-refractivity contribution in [1.29, 1.82) is 0 Å². The number of hydrogen-bond acceptors (Lipinski definition) is 2. The first-order valence-corrected chi connectivity index (χ1v) is 3.52. The number of allylic oxidation sites excluding steroid dienone is 1. The van der Waals surface area contributed by atoms with Gasteiger partial charge in [0.05, 0.1) is 0 Å². The maximum absolute atomic E-state index is 11.0. The molecule has 0 radical (unpaired) electrons. The summed E-state index contributed by atoms with van der Waals surface area (Å²) in [6.07, 6.45) is 8.48. The molecule has 0 heterocycles. The van der Waals surface area contributed by atoms with Gasteiger partial charge in [0.2, 0.25) is 5.91 Å². The molecule has 0 aromatic heterocycles. The first kappa shape index (κ1) is 10.4. The van der Waals surface area contributed by atoms with Gasteiger partial charge in [-0.3, -0.25) is 9.59 Å². The fourth-order valence-corrected chi connectivity index (χ4v) is 0.591. The Morgan fingerprint density at radius 3 is 2.83 bits per heavy atom. The molecule has 0 unspecified atom stereocenters. The summed E-state index contributed by atoms with van der Waals surface area (Å²) in [5.41, 5.74) is 0. The number of aldehydes is 1. The molecule has 0 aliphatic carbocycles. The van der Waals surface area contributed by atoms with Crippen LogP contribution >= 0.6 is 0 Å². The fourth-order valence-electron chi connectivity index (χ4n) is 0.591. The van der Waals surface area contributed by atoms with E-state index < -0.39 is 0 Å². The molecule has 3 heteroatoms. The first-order chi connectivity index (χ1) is 5.72. The number of rotatable bonds is 4. The van der Waals surface area contributed by atoms with Crippen molar-refractivity contribution in [2.45, 2.75) is 6.42 Å². The second kappa shape index (κ2) is 6.17. The average molecular weight is 165 g/mol. The van der Waals surface area contributed by atoms with E-state index in [2.05, 4.69) is 5.92 Å². The van der Waals surface area contributed by atoms with Gasteiger partial charge in [-0.2, -0.15) is 0 Å². The third-order valence-electron chi connectivity index (χ3n) is 1.29. The Morgan fingerprint density at radius 1 is 1.67 bits per heavy atom. The summed E-state index contributed by atoms with van der Waals surface area (Å²) in [6.45, 7) is 0.512. The molecule has 0 spiro atoms. The van der Waals surface area contributed by atoms with Crippen LogP contribution in [0.15, 0.2) is 12.2 Å². The number of nitrogens with zero attached hydrogens (tertiary/aromatic N) is 1. The Bertz CT molecular complexity index is 225. The Hall–Kier alpha value is -1.56. The summed E-state index contributed by atoms with van der Waals surface area (Å²) in [5, 5.41) is 0. The number of hydrogen-bond donors (Lipinski definition) is 0. The maximum atomic E-state index is 11.0. The zero-order valence-corrected chi connectivity index (χ0v) is 6.99. The highest BCUT2D eigenvalue weighted by Gasteiger charge is 2.01. The van der Waals surface area contributed by atoms with E-state index in [1.54, 1.807) is 7.05 Å². The monoisotopic (exact) mass is 165 g/mol. The lowest BCUT2D eigenvalue weighted by atomic mass is 10.4. The van der Waals surface area contributed by atoms with Crippen molar-refractivity contribution in [2.75, 3.05) is 13.6 Å². The van der Waals surface area contributed by atoms with Crippen LogP contribution in [-0.4, -0.2) is 30.7 Å². The molecule has 64 valence electrons. The second-order valence-corrected chi connectivity index (χ2v) is 2.21. The highest BCUT2D eigenvalue weighted by Crippen LogP contribution is 1.88. The summed E-state index contributed by atoms with van der Waals surface area (Å²) in [7, 11) is 1.63. The highest BCUT2D eigenvalue weighted by molar-refractivity contribution is 5.90. The Labute approximate surface area is 72.1 Å². The molecule has 1 amide bonds. The predicted octanol–water partition coefficient (Wildman–Crippen LogP) is 0.223. The SMILES string of the molecule is C#CCCN(C)C(=O)/C=C\C=O. The minimum atomic E-state index is -0.211. The van der Waals surface area contributed by atoms with Crippen molar-refractivity contribution in [2.24, 2.45) is 0 Å². The van der Waals surface area contributed by atoms with Crippen LogP contribution in [0.4, 0.5) is 0 Å². The minimum Gasteiger partial charge on any atom is -0.341 e. The fraction of sp³-hybridized carbons (Fsp3) is 0.333. The molecule has 0 aromatic rings. The van der Waals surface area contributed by atoms with Gasteiger partial charge >= 0.3 is 0 Å². The third-order valence-corrected chi connectivity index (χ3v) is 1.29. The largest absolute Gasteiger partial charge is 0.341 e. The zero-order chi connectivity index (χ0) is 9.40. The van der Waals surface area contributed by atoms with E-state index in [1.807, 2.05) is 0 Å². The summed E-state index contributed by atoms with van der Waals surface area (Å²) in [4.78, 5) is 22.3. The highest BCUT2D eigenvalue weighted by atomic mass is 16.2. The molecule has 0 saturated heterocycles. The molecular formula is C9H11NO2. The summed E-state index contributed by atoms with van der Waals surface area (Å²) in [5.74, 6) is 2.21. The molecule has 0 N–H and O–H groups in total. The lowest BCUT2D eigenvalue weighted by molar-refractivity contribution is -0.124. The predicted molar refractivity (Wildman–Crippen MR) is 46.3 cm³/mol. The van der Waals surface area contributed by atoms with Crippen molar-refractivity contribution >= 4 is 12.2 Å². The molecule has 0 rings (SSSR count). The van der Waals surface area contributed by atoms with Crippen molar-refractivity contribution in [1.82, 2.24) is 4.90 Å². The molecule has 0 atom stereocenters. The van der Waals surface area contributed by atoms with E-state index in [4.69, 9.17) is 6.42 Å². The average Bonchev–Trinajstić information content (AvgIpc) is 2.10. The van der Waals surface area contributed by atoms with Gasteiger partial charge in [0, 0.05) is 26.1 Å². The van der Waals surface area contributed by atoms with Gasteiger partial charge in [0.1, 0.15) is 6.29 Å². The lowest BCUT2D eigenvalue weighted by Crippen LogP contribution is -2.25. The van der Waals surface area contributed by atoms with Crippen LogP contribution in [0.3, 0.4) is 0 Å². The Morgan fingerprint density at radius 2 is 2.33 bits per heavy atom. The molecule has 0 aliphatic heterocycles. The minimum absolute atomic E-state index is 0.211. The van der Waals surface area contributed by atoms with Crippen LogP contribution in [-0.2, 0) is 9.59 Å². The second-order valence-electron chi connectivity index (χ2n) is 2.21. The molecule has 0 aromatic carbocycles. The molecule has 3 nitrogen and oxygen atoms in total. The lowest BCUT2D eigenvalue weighted by Gasteiger charge is -2.12. The quantitative estimate of drug-likeness (QED) is 0.339. The summed E-state index contributed by atoms with van der Waals surface area (Å²) >= 11 is 0. The molecule has 0 aliphatic rings. The van der Waals surface area contributed by atoms with Crippen LogP contribution in [0, 0.1) is 12.3 Å². The van der Waals surface area contributed by atoms with Crippen LogP contribution in [0.25, 0.3) is 0 Å². The first-order valence-electron chi connectivity index (χ1n) is 3.52. The number of likely N-dealkylation sites (N-methyl/N-ethyl adjacent to an activating group) is 1. The van der Waals surface area contributed by atoms with Crippen LogP contribution < -0.4 is 0 Å². The third kappa shape index (κ3) is 4.29. The number of carbonyl (C=O) groups is 2. The van der Waals surface area contributed by atoms with E-state index in [0.29, 0.717) is 19.3 Å². The normalized spacial score (nSPS) is 9.33. The molecule has 0 bridgehead atoms. The van der Waals surface area contributed by atoms with Gasteiger partial charge in [0.25, 0.3) is 0 Å². The Balaban J connectivity index is 3.85. The van der Waals surface area contributed by atoms with E-state index in [-0.39, 0.29) is 5.91 Å². The van der Waals surface area contributed by atoms with Crippen LogP contribution in [0.1, 0.15) is 6.42 Å². The van der Waals surface area contributed by atoms with Gasteiger partial charge in [-0.05, 0) is 6.08 Å². The summed E-state index contributed by atoms with van der Waals surface area (Å²) < 4.78 is 0. The van der Waals surface area contributed by atoms with Crippen molar-refractivity contribution in [3.8, 4) is 12.3 Å². The van der Waals surface area contributed by atoms with Gasteiger partial charge in [0.15, 0.2) is 0 Å². The summed E-state index contributed by atoms with van der Waals surface area (Å²) in [6, 6.07) is 0. The number of terminal acetylenes is 1. The van der Waals surface area contributed by atoms with Crippen LogP contribution in [0.2, 0.25) is 0 Å². The number of amides is 1. The smallest absolute Gasteiger partial charge is 0.246 e. The maximum Gasteiger partial charge on any atom is 0.246 e. The Kier molecular flexibility index (Phi) is 5.37. The van der Waals surface area contributed by atoms with Crippen molar-refractivity contribution < 1.29 is 9.59 Å². The van der Waals surface area contributed by atoms with Gasteiger partial charge < -0.3 is 4.90 Å². The zero-order valence-electron chi connectivity index (χ0n) is 6.99. The van der Waals surface area contributed by atoms with E-state index >= 15 is 0 Å². The molecular weight excluding hydrogens is 154 g/mol. The van der Waals surface area contributed by atoms with Crippen LogP contribution in [0.5, 0.6) is 0 Å². The van der Waals surface area contributed by atoms with Gasteiger partial charge in [-0.25, -0.2) is 0 Å². The molecule has 0 fully saturated rings. The van der Waals surface area contributed by atoms with Gasteiger partial charge in [-0.15, -0.1) is 12.3 Å². The van der Waals surface area contributed by atoms with Crippen molar-refractivity contribution in [3.63, 3.8) is 0 Å². The topological polar surface area (TPSA) is 37.4 Å². The van der Waals surface area contributed by atoms with E-state index in [9.17, 15) is 9.59 Å². The standard InChI is InChI=1S/C9H11NO2/c1-3-4-7-10(2)9(12)6-5-8-11/h1,5-6,8H,4,7H2,2H3/b6-5-. The van der Waals surface area contributed by atoms with E-state index in [0.717, 1.165) is 6.08 Å². The molecule has 0 saturated carbocycles. The number of carbonyl (C=O) groups excluding carboxylic acids is 2. The van der Waals surface area contributed by atoms with E-state index in [1.165, 1.54) is 11.0 Å². The van der Waals surface area contributed by atoms with Crippen molar-refractivity contribution in [3.05, 3.63) is 12.2 Å². The molecule has 12 heavy (non-hydrogen) atoms.